The SMILES string of the molecule is COc1ccc(N2CCN(C(=O)c3ccn4nnnc4c3)[C@@H](C)C2)cc1. The van der Waals surface area contributed by atoms with Crippen LogP contribution in [-0.2, 0) is 0 Å². The van der Waals surface area contributed by atoms with Gasteiger partial charge in [-0.05, 0) is 53.7 Å². The molecule has 1 amide bonds. The number of hydrogen-bond donors (Lipinski definition) is 0. The van der Waals surface area contributed by atoms with Crippen molar-refractivity contribution in [3.05, 3.63) is 48.2 Å². The summed E-state index contributed by atoms with van der Waals surface area (Å²) < 4.78 is 6.76. The third-order valence-electron chi connectivity index (χ3n) is 4.77. The predicted octanol–water partition coefficient (Wildman–Crippen LogP) is 1.48. The Morgan fingerprint density at radius 3 is 2.73 bits per heavy atom. The Morgan fingerprint density at radius 2 is 2.00 bits per heavy atom. The summed E-state index contributed by atoms with van der Waals surface area (Å²) in [6, 6.07) is 11.6. The third-order valence-corrected chi connectivity index (χ3v) is 4.77. The largest absolute Gasteiger partial charge is 0.497 e. The number of tetrazole rings is 1. The molecule has 8 nitrogen and oxygen atoms in total. The number of fused-ring (bicyclic) bond motifs is 1. The standard InChI is InChI=1S/C18H20N6O2/c1-13-12-22(15-3-5-16(26-2)6-4-15)9-10-23(13)18(25)14-7-8-24-17(11-14)19-20-21-24/h3-8,11,13H,9-10,12H2,1-2H3/t13-/m0/s1. The van der Waals surface area contributed by atoms with Crippen molar-refractivity contribution in [1.29, 1.82) is 0 Å². The molecule has 134 valence electrons. The molecule has 3 heterocycles. The molecule has 4 rings (SSSR count). The van der Waals surface area contributed by atoms with E-state index in [1.165, 1.54) is 0 Å². The van der Waals surface area contributed by atoms with Crippen molar-refractivity contribution in [2.45, 2.75) is 13.0 Å². The number of piperazine rings is 1. The van der Waals surface area contributed by atoms with Crippen molar-refractivity contribution in [3.8, 4) is 5.75 Å². The molecule has 2 aromatic heterocycles. The highest BCUT2D eigenvalue weighted by Gasteiger charge is 2.28. The van der Waals surface area contributed by atoms with E-state index in [0.717, 1.165) is 24.5 Å². The highest BCUT2D eigenvalue weighted by atomic mass is 16.5. The van der Waals surface area contributed by atoms with Crippen LogP contribution in [0.25, 0.3) is 5.65 Å². The van der Waals surface area contributed by atoms with E-state index in [0.29, 0.717) is 17.8 Å². The van der Waals surface area contributed by atoms with E-state index in [4.69, 9.17) is 4.74 Å². The highest BCUT2D eigenvalue weighted by molar-refractivity contribution is 5.95. The van der Waals surface area contributed by atoms with Crippen molar-refractivity contribution in [2.24, 2.45) is 0 Å². The zero-order valence-electron chi connectivity index (χ0n) is 14.7. The van der Waals surface area contributed by atoms with Gasteiger partial charge in [0.05, 0.1) is 7.11 Å². The van der Waals surface area contributed by atoms with E-state index in [2.05, 4.69) is 39.5 Å². The molecule has 0 unspecified atom stereocenters. The topological polar surface area (TPSA) is 75.9 Å². The maximum absolute atomic E-state index is 12.9. The number of pyridine rings is 1. The predicted molar refractivity (Wildman–Crippen MR) is 96.5 cm³/mol. The van der Waals surface area contributed by atoms with Crippen LogP contribution in [0.15, 0.2) is 42.6 Å². The molecular weight excluding hydrogens is 332 g/mol. The summed E-state index contributed by atoms with van der Waals surface area (Å²) in [5, 5.41) is 11.3. The minimum atomic E-state index is 0.0115. The summed E-state index contributed by atoms with van der Waals surface area (Å²) in [7, 11) is 1.66. The number of amides is 1. The number of methoxy groups -OCH3 is 1. The van der Waals surface area contributed by atoms with Crippen molar-refractivity contribution in [2.75, 3.05) is 31.6 Å². The maximum atomic E-state index is 12.9. The van der Waals surface area contributed by atoms with Gasteiger partial charge in [-0.2, -0.15) is 0 Å². The Labute approximate surface area is 151 Å². The minimum Gasteiger partial charge on any atom is -0.497 e. The van der Waals surface area contributed by atoms with Gasteiger partial charge in [-0.1, -0.05) is 0 Å². The molecule has 0 radical (unpaired) electrons. The van der Waals surface area contributed by atoms with Gasteiger partial charge in [0.15, 0.2) is 5.65 Å². The van der Waals surface area contributed by atoms with Gasteiger partial charge in [0.2, 0.25) is 0 Å². The number of carbonyl (C=O) groups excluding carboxylic acids is 1. The Bertz CT molecular complexity index is 923. The molecule has 0 bridgehead atoms. The molecule has 1 saturated heterocycles. The third kappa shape index (κ3) is 2.94. The molecule has 1 atom stereocenters. The molecular formula is C18H20N6O2. The van der Waals surface area contributed by atoms with Gasteiger partial charge in [0, 0.05) is 43.1 Å². The first-order chi connectivity index (χ1) is 12.7. The molecule has 26 heavy (non-hydrogen) atoms. The average Bonchev–Trinajstić information content (AvgIpc) is 3.15. The fourth-order valence-electron chi connectivity index (χ4n) is 3.33. The summed E-state index contributed by atoms with van der Waals surface area (Å²) in [6.45, 7) is 4.32. The van der Waals surface area contributed by atoms with Gasteiger partial charge in [-0.25, -0.2) is 4.52 Å². The van der Waals surface area contributed by atoms with Crippen LogP contribution in [-0.4, -0.2) is 63.6 Å². The van der Waals surface area contributed by atoms with E-state index in [1.54, 1.807) is 30.0 Å². The lowest BCUT2D eigenvalue weighted by atomic mass is 10.1. The molecule has 0 saturated carbocycles. The summed E-state index contributed by atoms with van der Waals surface area (Å²) >= 11 is 0. The van der Waals surface area contributed by atoms with Crippen molar-refractivity contribution >= 4 is 17.2 Å². The number of aromatic nitrogens is 4. The van der Waals surface area contributed by atoms with Gasteiger partial charge in [0.1, 0.15) is 5.75 Å². The number of anilines is 1. The van der Waals surface area contributed by atoms with Gasteiger partial charge >= 0.3 is 0 Å². The molecule has 1 aliphatic rings. The lowest BCUT2D eigenvalue weighted by Gasteiger charge is -2.41. The first kappa shape index (κ1) is 16.3. The maximum Gasteiger partial charge on any atom is 0.254 e. The molecule has 0 spiro atoms. The number of rotatable bonds is 3. The summed E-state index contributed by atoms with van der Waals surface area (Å²) in [6.07, 6.45) is 1.71. The van der Waals surface area contributed by atoms with Crippen LogP contribution < -0.4 is 9.64 Å². The molecule has 1 fully saturated rings. The van der Waals surface area contributed by atoms with Gasteiger partial charge in [-0.3, -0.25) is 4.79 Å². The molecule has 0 N–H and O–H groups in total. The second-order valence-electron chi connectivity index (χ2n) is 6.39. The summed E-state index contributed by atoms with van der Waals surface area (Å²) in [5.74, 6) is 0.853. The Balaban J connectivity index is 1.48. The first-order valence-corrected chi connectivity index (χ1v) is 8.53. The van der Waals surface area contributed by atoms with Crippen LogP contribution in [0, 0.1) is 0 Å². The van der Waals surface area contributed by atoms with E-state index in [9.17, 15) is 4.79 Å². The molecule has 1 aromatic carbocycles. The summed E-state index contributed by atoms with van der Waals surface area (Å²) in [5.41, 5.74) is 2.32. The molecule has 1 aliphatic heterocycles. The van der Waals surface area contributed by atoms with E-state index < -0.39 is 0 Å². The fraction of sp³-hybridized carbons (Fsp3) is 0.333. The zero-order valence-corrected chi connectivity index (χ0v) is 14.7. The van der Waals surface area contributed by atoms with Gasteiger partial charge < -0.3 is 14.5 Å². The van der Waals surface area contributed by atoms with Gasteiger partial charge in [0.25, 0.3) is 5.91 Å². The second-order valence-corrected chi connectivity index (χ2v) is 6.39. The smallest absolute Gasteiger partial charge is 0.254 e. The molecule has 8 heteroatoms. The van der Waals surface area contributed by atoms with Crippen LogP contribution >= 0.6 is 0 Å². The van der Waals surface area contributed by atoms with E-state index in [-0.39, 0.29) is 11.9 Å². The average molecular weight is 352 g/mol. The molecule has 3 aromatic rings. The first-order valence-electron chi connectivity index (χ1n) is 8.53. The number of benzene rings is 1. The van der Waals surface area contributed by atoms with E-state index >= 15 is 0 Å². The zero-order chi connectivity index (χ0) is 18.1. The van der Waals surface area contributed by atoms with E-state index in [1.807, 2.05) is 17.0 Å². The minimum absolute atomic E-state index is 0.0115. The van der Waals surface area contributed by atoms with Gasteiger partial charge in [-0.15, -0.1) is 5.10 Å². The Kier molecular flexibility index (Phi) is 4.16. The quantitative estimate of drug-likeness (QED) is 0.711. The number of ether oxygens (including phenoxy) is 1. The molecule has 0 aliphatic carbocycles. The Morgan fingerprint density at radius 1 is 1.19 bits per heavy atom. The lowest BCUT2D eigenvalue weighted by molar-refractivity contribution is 0.0674. The number of hydrogen-bond acceptors (Lipinski definition) is 6. The van der Waals surface area contributed by atoms with Crippen molar-refractivity contribution in [3.63, 3.8) is 0 Å². The number of nitrogens with zero attached hydrogens (tertiary/aromatic N) is 6. The lowest BCUT2D eigenvalue weighted by Crippen LogP contribution is -2.54. The number of carbonyl (C=O) groups is 1. The monoisotopic (exact) mass is 352 g/mol. The van der Waals surface area contributed by atoms with Crippen LogP contribution in [0.2, 0.25) is 0 Å². The fourth-order valence-corrected chi connectivity index (χ4v) is 3.33. The van der Waals surface area contributed by atoms with Crippen LogP contribution in [0.3, 0.4) is 0 Å². The second kappa shape index (κ2) is 6.62. The normalized spacial score (nSPS) is 17.5. The van der Waals surface area contributed by atoms with Crippen LogP contribution in [0.5, 0.6) is 5.75 Å². The van der Waals surface area contributed by atoms with Crippen LogP contribution in [0.1, 0.15) is 17.3 Å². The van der Waals surface area contributed by atoms with Crippen LogP contribution in [0.4, 0.5) is 5.69 Å². The highest BCUT2D eigenvalue weighted by Crippen LogP contribution is 2.23. The van der Waals surface area contributed by atoms with Crippen molar-refractivity contribution < 1.29 is 9.53 Å². The van der Waals surface area contributed by atoms with Crippen molar-refractivity contribution in [1.82, 2.24) is 24.9 Å². The Hall–Kier alpha value is -3.16. The summed E-state index contributed by atoms with van der Waals surface area (Å²) in [4.78, 5) is 17.1.